The minimum Gasteiger partial charge on any atom is -0.366 e. The van der Waals surface area contributed by atoms with Gasteiger partial charge in [-0.3, -0.25) is 4.79 Å². The number of carbonyl (C=O) groups excluding carboxylic acids is 1. The van der Waals surface area contributed by atoms with Gasteiger partial charge in [0.1, 0.15) is 5.69 Å². The van der Waals surface area contributed by atoms with Crippen molar-refractivity contribution in [1.29, 1.82) is 0 Å². The summed E-state index contributed by atoms with van der Waals surface area (Å²) in [5.41, 5.74) is 2.76. The van der Waals surface area contributed by atoms with Gasteiger partial charge in [0.05, 0.1) is 11.9 Å². The standard InChI is InChI=1S/C19H25N3O/c1-3-5-13-20-19(23)18-12-11-17(14-21-18)22(4-2)15-16-9-7-6-8-10-16/h6-12,14H,3-5,13,15H2,1-2H3,(H,20,23). The topological polar surface area (TPSA) is 45.2 Å². The summed E-state index contributed by atoms with van der Waals surface area (Å²) in [6.07, 6.45) is 3.84. The van der Waals surface area contributed by atoms with Gasteiger partial charge in [0.15, 0.2) is 0 Å². The number of rotatable bonds is 8. The predicted octanol–water partition coefficient (Wildman–Crippen LogP) is 3.64. The van der Waals surface area contributed by atoms with E-state index < -0.39 is 0 Å². The van der Waals surface area contributed by atoms with Gasteiger partial charge >= 0.3 is 0 Å². The van der Waals surface area contributed by atoms with Crippen molar-refractivity contribution in [2.45, 2.75) is 33.2 Å². The Morgan fingerprint density at radius 3 is 2.52 bits per heavy atom. The maximum atomic E-state index is 12.0. The summed E-state index contributed by atoms with van der Waals surface area (Å²) in [4.78, 5) is 18.5. The summed E-state index contributed by atoms with van der Waals surface area (Å²) >= 11 is 0. The Balaban J connectivity index is 2.00. The zero-order valence-corrected chi connectivity index (χ0v) is 14.0. The Bertz CT molecular complexity index is 596. The van der Waals surface area contributed by atoms with Crippen LogP contribution in [0.15, 0.2) is 48.7 Å². The molecule has 0 aliphatic carbocycles. The van der Waals surface area contributed by atoms with Crippen LogP contribution in [0, 0.1) is 0 Å². The van der Waals surface area contributed by atoms with Gasteiger partial charge in [0, 0.05) is 19.6 Å². The van der Waals surface area contributed by atoms with Crippen LogP contribution in [0.25, 0.3) is 0 Å². The molecule has 1 aromatic heterocycles. The second kappa shape index (κ2) is 8.93. The summed E-state index contributed by atoms with van der Waals surface area (Å²) in [6, 6.07) is 14.1. The Morgan fingerprint density at radius 2 is 1.91 bits per heavy atom. The van der Waals surface area contributed by atoms with Crippen LogP contribution in [-0.2, 0) is 6.54 Å². The molecule has 0 spiro atoms. The highest BCUT2D eigenvalue weighted by Gasteiger charge is 2.09. The number of benzene rings is 1. The normalized spacial score (nSPS) is 10.3. The highest BCUT2D eigenvalue weighted by Crippen LogP contribution is 2.16. The molecule has 0 saturated heterocycles. The molecule has 4 nitrogen and oxygen atoms in total. The molecule has 0 radical (unpaired) electrons. The molecule has 2 rings (SSSR count). The van der Waals surface area contributed by atoms with Crippen LogP contribution in [-0.4, -0.2) is 24.0 Å². The van der Waals surface area contributed by atoms with Crippen LogP contribution in [0.3, 0.4) is 0 Å². The summed E-state index contributed by atoms with van der Waals surface area (Å²) in [5, 5.41) is 2.89. The fraction of sp³-hybridized carbons (Fsp3) is 0.368. The molecule has 1 amide bonds. The molecular weight excluding hydrogens is 286 g/mol. The lowest BCUT2D eigenvalue weighted by molar-refractivity contribution is 0.0948. The molecule has 2 aromatic rings. The van der Waals surface area contributed by atoms with E-state index in [1.54, 1.807) is 12.3 Å². The molecule has 4 heteroatoms. The zero-order valence-electron chi connectivity index (χ0n) is 14.0. The molecule has 0 atom stereocenters. The molecule has 0 saturated carbocycles. The Hall–Kier alpha value is -2.36. The number of aromatic nitrogens is 1. The van der Waals surface area contributed by atoms with Crippen LogP contribution in [0.5, 0.6) is 0 Å². The van der Waals surface area contributed by atoms with E-state index in [0.717, 1.165) is 31.6 Å². The molecule has 1 heterocycles. The first-order valence-corrected chi connectivity index (χ1v) is 8.27. The molecule has 0 aliphatic rings. The summed E-state index contributed by atoms with van der Waals surface area (Å²) < 4.78 is 0. The number of hydrogen-bond acceptors (Lipinski definition) is 3. The fourth-order valence-corrected chi connectivity index (χ4v) is 2.37. The Labute approximate surface area is 138 Å². The van der Waals surface area contributed by atoms with Crippen molar-refractivity contribution in [2.75, 3.05) is 18.0 Å². The molecule has 0 fully saturated rings. The van der Waals surface area contributed by atoms with Crippen LogP contribution in [0.4, 0.5) is 5.69 Å². The number of carbonyl (C=O) groups is 1. The number of hydrogen-bond donors (Lipinski definition) is 1. The van der Waals surface area contributed by atoms with Crippen LogP contribution < -0.4 is 10.2 Å². The SMILES string of the molecule is CCCCNC(=O)c1ccc(N(CC)Cc2ccccc2)cn1. The number of nitrogens with one attached hydrogen (secondary N) is 1. The first-order valence-electron chi connectivity index (χ1n) is 8.27. The fourth-order valence-electron chi connectivity index (χ4n) is 2.37. The first kappa shape index (κ1) is 17.0. The summed E-state index contributed by atoms with van der Waals surface area (Å²) in [5.74, 6) is -0.101. The second-order valence-electron chi connectivity index (χ2n) is 5.51. The van der Waals surface area contributed by atoms with E-state index >= 15 is 0 Å². The Morgan fingerprint density at radius 1 is 1.13 bits per heavy atom. The average molecular weight is 311 g/mol. The quantitative estimate of drug-likeness (QED) is 0.757. The average Bonchev–Trinajstić information content (AvgIpc) is 2.61. The van der Waals surface area contributed by atoms with Crippen molar-refractivity contribution < 1.29 is 4.79 Å². The maximum Gasteiger partial charge on any atom is 0.269 e. The van der Waals surface area contributed by atoms with Crippen molar-refractivity contribution >= 4 is 11.6 Å². The van der Waals surface area contributed by atoms with Gasteiger partial charge in [0.2, 0.25) is 0 Å². The third kappa shape index (κ3) is 5.09. The van der Waals surface area contributed by atoms with E-state index in [2.05, 4.69) is 41.2 Å². The van der Waals surface area contributed by atoms with E-state index in [9.17, 15) is 4.79 Å². The molecule has 23 heavy (non-hydrogen) atoms. The van der Waals surface area contributed by atoms with Gasteiger partial charge < -0.3 is 10.2 Å². The lowest BCUT2D eigenvalue weighted by Gasteiger charge is -2.23. The molecule has 0 unspecified atom stereocenters. The molecule has 122 valence electrons. The molecule has 1 aromatic carbocycles. The zero-order chi connectivity index (χ0) is 16.5. The summed E-state index contributed by atoms with van der Waals surface area (Å²) in [6.45, 7) is 6.65. The van der Waals surface area contributed by atoms with Crippen molar-refractivity contribution in [2.24, 2.45) is 0 Å². The number of nitrogens with zero attached hydrogens (tertiary/aromatic N) is 2. The number of amides is 1. The van der Waals surface area contributed by atoms with Gasteiger partial charge in [-0.1, -0.05) is 43.7 Å². The maximum absolute atomic E-state index is 12.0. The van der Waals surface area contributed by atoms with Crippen LogP contribution in [0.2, 0.25) is 0 Å². The Kier molecular flexibility index (Phi) is 6.60. The molecular formula is C19H25N3O. The predicted molar refractivity (Wildman–Crippen MR) is 94.6 cm³/mol. The van der Waals surface area contributed by atoms with E-state index in [-0.39, 0.29) is 5.91 Å². The van der Waals surface area contributed by atoms with E-state index in [0.29, 0.717) is 12.2 Å². The van der Waals surface area contributed by atoms with Crippen molar-refractivity contribution in [3.63, 3.8) is 0 Å². The van der Waals surface area contributed by atoms with E-state index in [1.807, 2.05) is 24.3 Å². The lowest BCUT2D eigenvalue weighted by Crippen LogP contribution is -2.26. The van der Waals surface area contributed by atoms with Crippen LogP contribution in [0.1, 0.15) is 42.7 Å². The smallest absolute Gasteiger partial charge is 0.269 e. The van der Waals surface area contributed by atoms with Gasteiger partial charge in [-0.15, -0.1) is 0 Å². The number of unbranched alkanes of at least 4 members (excludes halogenated alkanes) is 1. The minimum absolute atomic E-state index is 0.101. The monoisotopic (exact) mass is 311 g/mol. The minimum atomic E-state index is -0.101. The highest BCUT2D eigenvalue weighted by atomic mass is 16.1. The molecule has 1 N–H and O–H groups in total. The van der Waals surface area contributed by atoms with Gasteiger partial charge in [0.25, 0.3) is 5.91 Å². The highest BCUT2D eigenvalue weighted by molar-refractivity contribution is 5.92. The second-order valence-corrected chi connectivity index (χ2v) is 5.51. The third-order valence-corrected chi connectivity index (χ3v) is 3.76. The van der Waals surface area contributed by atoms with Gasteiger partial charge in [-0.2, -0.15) is 0 Å². The van der Waals surface area contributed by atoms with E-state index in [4.69, 9.17) is 0 Å². The van der Waals surface area contributed by atoms with Gasteiger partial charge in [-0.05, 0) is 31.0 Å². The lowest BCUT2D eigenvalue weighted by atomic mass is 10.2. The van der Waals surface area contributed by atoms with Crippen molar-refractivity contribution in [3.05, 3.63) is 59.9 Å². The number of pyridine rings is 1. The van der Waals surface area contributed by atoms with E-state index in [1.165, 1.54) is 5.56 Å². The first-order chi connectivity index (χ1) is 11.2. The molecule has 0 bridgehead atoms. The molecule has 0 aliphatic heterocycles. The van der Waals surface area contributed by atoms with Crippen LogP contribution >= 0.6 is 0 Å². The summed E-state index contributed by atoms with van der Waals surface area (Å²) in [7, 11) is 0. The van der Waals surface area contributed by atoms with Gasteiger partial charge in [-0.25, -0.2) is 4.98 Å². The van der Waals surface area contributed by atoms with Crippen molar-refractivity contribution in [3.8, 4) is 0 Å². The largest absolute Gasteiger partial charge is 0.366 e. The number of anilines is 1. The third-order valence-electron chi connectivity index (χ3n) is 3.76. The van der Waals surface area contributed by atoms with Crippen molar-refractivity contribution in [1.82, 2.24) is 10.3 Å².